The molecule has 0 fully saturated rings. The van der Waals surface area contributed by atoms with Crippen molar-refractivity contribution in [1.29, 1.82) is 0 Å². The van der Waals surface area contributed by atoms with E-state index in [1.54, 1.807) is 12.1 Å². The number of benzene rings is 1. The molecule has 4 nitrogen and oxygen atoms in total. The minimum absolute atomic E-state index is 0. The molecule has 0 aromatic heterocycles. The van der Waals surface area contributed by atoms with Crippen LogP contribution in [0.2, 0.25) is 0 Å². The first-order valence-corrected chi connectivity index (χ1v) is 6.13. The molecular formula is C15H22CaO4. The summed E-state index contributed by atoms with van der Waals surface area (Å²) in [4.78, 5) is 22.1. The smallest absolute Gasteiger partial charge is 1.00 e. The van der Waals surface area contributed by atoms with Crippen LogP contribution in [0.15, 0.2) is 12.1 Å². The van der Waals surface area contributed by atoms with Crippen LogP contribution in [0.1, 0.15) is 51.8 Å². The van der Waals surface area contributed by atoms with Gasteiger partial charge in [0, 0.05) is 0 Å². The van der Waals surface area contributed by atoms with Gasteiger partial charge in [0.05, 0.1) is 0 Å². The maximum atomic E-state index is 11.1. The number of hydrogen-bond donors (Lipinski definition) is 2. The second-order valence-electron chi connectivity index (χ2n) is 5.89. The molecule has 0 saturated heterocycles. The van der Waals surface area contributed by atoms with Crippen LogP contribution >= 0.6 is 0 Å². The maximum Gasteiger partial charge on any atom is 2.00 e. The Bertz CT molecular complexity index is 502. The van der Waals surface area contributed by atoms with Gasteiger partial charge >= 0.3 is 49.7 Å². The topological polar surface area (TPSA) is 74.6 Å². The Hall–Kier alpha value is -0.580. The van der Waals surface area contributed by atoms with Crippen LogP contribution in [0.5, 0.6) is 0 Å². The first-order chi connectivity index (χ1) is 8.55. The van der Waals surface area contributed by atoms with Crippen molar-refractivity contribution < 1.29 is 22.7 Å². The molecule has 1 aromatic rings. The summed E-state index contributed by atoms with van der Waals surface area (Å²) in [5, 5.41) is 18.1. The number of aliphatic carboxylic acids is 2. The van der Waals surface area contributed by atoms with E-state index in [1.807, 2.05) is 13.8 Å². The van der Waals surface area contributed by atoms with Gasteiger partial charge < -0.3 is 13.1 Å². The standard InChI is InChI=1S/C15H20O4.Ca.2H/c1-8-6-10(11(13(16)17)14(18)19)7-9(2)12(8)15(3,4)5;;;/h6-7,11H,1-5H3,(H,16,17)(H,18,19);;;/q;+2;2*-1. The summed E-state index contributed by atoms with van der Waals surface area (Å²) >= 11 is 0. The van der Waals surface area contributed by atoms with Crippen molar-refractivity contribution in [2.24, 2.45) is 0 Å². The zero-order valence-corrected chi connectivity index (χ0v) is 14.9. The second-order valence-corrected chi connectivity index (χ2v) is 5.89. The quantitative estimate of drug-likeness (QED) is 0.665. The van der Waals surface area contributed by atoms with Crippen molar-refractivity contribution in [3.8, 4) is 0 Å². The largest absolute Gasteiger partial charge is 2.00 e. The zero-order valence-electron chi connectivity index (χ0n) is 14.7. The fourth-order valence-electron chi connectivity index (χ4n) is 2.74. The zero-order chi connectivity index (χ0) is 15.0. The summed E-state index contributed by atoms with van der Waals surface area (Å²) in [5.74, 6) is -4.18. The summed E-state index contributed by atoms with van der Waals surface area (Å²) in [7, 11) is 0. The second kappa shape index (κ2) is 6.92. The fourth-order valence-corrected chi connectivity index (χ4v) is 2.74. The predicted molar refractivity (Wildman–Crippen MR) is 80.6 cm³/mol. The summed E-state index contributed by atoms with van der Waals surface area (Å²) in [6, 6.07) is 3.33. The Morgan fingerprint density at radius 1 is 1.05 bits per heavy atom. The summed E-state index contributed by atoms with van der Waals surface area (Å²) in [6.45, 7) is 10.0. The van der Waals surface area contributed by atoms with E-state index in [1.165, 1.54) is 0 Å². The molecule has 0 radical (unpaired) electrons. The molecular weight excluding hydrogens is 284 g/mol. The molecule has 108 valence electrons. The molecule has 0 atom stereocenters. The van der Waals surface area contributed by atoms with Gasteiger partial charge in [-0.25, -0.2) is 0 Å². The van der Waals surface area contributed by atoms with E-state index in [2.05, 4.69) is 20.8 Å². The number of carboxylic acids is 2. The van der Waals surface area contributed by atoms with Gasteiger partial charge in [-0.3, -0.25) is 9.59 Å². The van der Waals surface area contributed by atoms with Crippen molar-refractivity contribution in [3.63, 3.8) is 0 Å². The van der Waals surface area contributed by atoms with E-state index in [0.29, 0.717) is 5.56 Å². The molecule has 20 heavy (non-hydrogen) atoms. The first-order valence-electron chi connectivity index (χ1n) is 6.13. The Labute approximate surface area is 152 Å². The molecule has 0 aliphatic carbocycles. The van der Waals surface area contributed by atoms with Crippen molar-refractivity contribution in [3.05, 3.63) is 34.4 Å². The average molecular weight is 306 g/mol. The molecule has 0 unspecified atom stereocenters. The third-order valence-corrected chi connectivity index (χ3v) is 3.13. The average Bonchev–Trinajstić information content (AvgIpc) is 2.11. The molecule has 0 saturated carbocycles. The molecule has 0 heterocycles. The Morgan fingerprint density at radius 2 is 1.40 bits per heavy atom. The van der Waals surface area contributed by atoms with Crippen LogP contribution in [0.3, 0.4) is 0 Å². The summed E-state index contributed by atoms with van der Waals surface area (Å²) in [6.07, 6.45) is 0. The third kappa shape index (κ3) is 4.21. The number of carboxylic acid groups (broad SMARTS) is 2. The van der Waals surface area contributed by atoms with E-state index in [4.69, 9.17) is 10.2 Å². The van der Waals surface area contributed by atoms with Gasteiger partial charge in [-0.1, -0.05) is 32.9 Å². The Balaban J connectivity index is -0.00000120. The van der Waals surface area contributed by atoms with E-state index in [9.17, 15) is 9.59 Å². The van der Waals surface area contributed by atoms with Crippen LogP contribution < -0.4 is 0 Å². The maximum absolute atomic E-state index is 11.1. The van der Waals surface area contributed by atoms with Crippen LogP contribution in [-0.4, -0.2) is 59.9 Å². The molecule has 1 aromatic carbocycles. The van der Waals surface area contributed by atoms with Gasteiger partial charge in [-0.15, -0.1) is 0 Å². The van der Waals surface area contributed by atoms with Crippen LogP contribution in [0, 0.1) is 13.8 Å². The van der Waals surface area contributed by atoms with Gasteiger partial charge in [-0.05, 0) is 41.5 Å². The molecule has 2 N–H and O–H groups in total. The molecule has 0 aliphatic heterocycles. The van der Waals surface area contributed by atoms with E-state index in [0.717, 1.165) is 16.7 Å². The van der Waals surface area contributed by atoms with Crippen molar-refractivity contribution in [2.45, 2.75) is 46.0 Å². The van der Waals surface area contributed by atoms with Gasteiger partial charge in [0.15, 0.2) is 5.92 Å². The number of carbonyl (C=O) groups is 2. The third-order valence-electron chi connectivity index (χ3n) is 3.13. The molecule has 0 spiro atoms. The van der Waals surface area contributed by atoms with Crippen LogP contribution in [0.25, 0.3) is 0 Å². The van der Waals surface area contributed by atoms with Crippen molar-refractivity contribution in [2.75, 3.05) is 0 Å². The monoisotopic (exact) mass is 306 g/mol. The van der Waals surface area contributed by atoms with E-state index in [-0.39, 0.29) is 46.0 Å². The normalized spacial score (nSPS) is 11.1. The number of rotatable bonds is 3. The number of hydrogen-bond acceptors (Lipinski definition) is 2. The van der Waals surface area contributed by atoms with Gasteiger partial charge in [0.1, 0.15) is 0 Å². The Kier molecular flexibility index (Phi) is 6.72. The summed E-state index contributed by atoms with van der Waals surface area (Å²) in [5.41, 5.74) is 3.24. The Morgan fingerprint density at radius 3 is 1.65 bits per heavy atom. The predicted octanol–water partition coefficient (Wildman–Crippen LogP) is 2.70. The SMILES string of the molecule is Cc1cc(C(C(=O)O)C(=O)O)cc(C)c1C(C)(C)C.[Ca+2].[H-].[H-]. The van der Waals surface area contributed by atoms with Gasteiger partial charge in [0.2, 0.25) is 0 Å². The molecule has 0 bridgehead atoms. The van der Waals surface area contributed by atoms with Crippen LogP contribution in [0.4, 0.5) is 0 Å². The van der Waals surface area contributed by atoms with Gasteiger partial charge in [-0.2, -0.15) is 0 Å². The van der Waals surface area contributed by atoms with Crippen molar-refractivity contribution >= 4 is 49.7 Å². The van der Waals surface area contributed by atoms with Gasteiger partial charge in [0.25, 0.3) is 0 Å². The van der Waals surface area contributed by atoms with Crippen molar-refractivity contribution in [1.82, 2.24) is 0 Å². The van der Waals surface area contributed by atoms with Crippen LogP contribution in [-0.2, 0) is 15.0 Å². The molecule has 0 amide bonds. The first kappa shape index (κ1) is 19.4. The minimum atomic E-state index is -1.51. The minimum Gasteiger partial charge on any atom is -1.00 e. The molecule has 5 heteroatoms. The van der Waals surface area contributed by atoms with E-state index >= 15 is 0 Å². The molecule has 1 rings (SSSR count). The fraction of sp³-hybridized carbons (Fsp3) is 0.467. The summed E-state index contributed by atoms with van der Waals surface area (Å²) < 4.78 is 0. The molecule has 0 aliphatic rings. The number of aryl methyl sites for hydroxylation is 2. The van der Waals surface area contributed by atoms with E-state index < -0.39 is 17.9 Å².